The monoisotopic (exact) mass is 307 g/mol. The van der Waals surface area contributed by atoms with Crippen LogP contribution >= 0.6 is 11.6 Å². The average Bonchev–Trinajstić information content (AvgIpc) is 2.75. The van der Waals surface area contributed by atoms with Crippen molar-refractivity contribution in [3.05, 3.63) is 46.7 Å². The van der Waals surface area contributed by atoms with Crippen molar-refractivity contribution in [1.29, 1.82) is 0 Å². The molecule has 0 bridgehead atoms. The molecule has 0 saturated heterocycles. The van der Waals surface area contributed by atoms with Crippen LogP contribution in [-0.4, -0.2) is 35.4 Å². The van der Waals surface area contributed by atoms with Crippen molar-refractivity contribution in [3.63, 3.8) is 0 Å². The van der Waals surface area contributed by atoms with Gasteiger partial charge in [-0.15, -0.1) is 0 Å². The number of carbonyl (C=O) groups excluding carboxylic acids is 1. The van der Waals surface area contributed by atoms with Crippen LogP contribution in [0.5, 0.6) is 0 Å². The Morgan fingerprint density at radius 3 is 2.71 bits per heavy atom. The normalized spacial score (nSPS) is 12.2. The third-order valence-corrected chi connectivity index (χ3v) is 3.38. The fraction of sp³-hybridized carbons (Fsp3) is 0.333. The molecule has 1 amide bonds. The largest absolute Gasteiger partial charge is 0.383 e. The highest BCUT2D eigenvalue weighted by Gasteiger charge is 2.22. The van der Waals surface area contributed by atoms with Crippen LogP contribution in [0.1, 0.15) is 23.0 Å². The first-order valence-electron chi connectivity index (χ1n) is 6.65. The van der Waals surface area contributed by atoms with Crippen LogP contribution in [-0.2, 0) is 4.74 Å². The molecule has 0 radical (unpaired) electrons. The summed E-state index contributed by atoms with van der Waals surface area (Å²) in [4.78, 5) is 12.3. The van der Waals surface area contributed by atoms with E-state index in [0.717, 1.165) is 5.69 Å². The van der Waals surface area contributed by atoms with Crippen LogP contribution in [0.2, 0.25) is 5.15 Å². The molecule has 0 aliphatic rings. The van der Waals surface area contributed by atoms with Crippen LogP contribution < -0.4 is 5.32 Å². The molecule has 5 nitrogen and oxygen atoms in total. The lowest BCUT2D eigenvalue weighted by Crippen LogP contribution is -2.35. The maximum absolute atomic E-state index is 12.3. The number of hydrogen-bond donors (Lipinski definition) is 1. The van der Waals surface area contributed by atoms with E-state index in [-0.39, 0.29) is 11.9 Å². The van der Waals surface area contributed by atoms with E-state index < -0.39 is 0 Å². The molecule has 0 aliphatic carbocycles. The van der Waals surface area contributed by atoms with Crippen LogP contribution in [0.3, 0.4) is 0 Å². The minimum Gasteiger partial charge on any atom is -0.383 e. The molecular formula is C15H18ClN3O2. The molecule has 112 valence electrons. The number of nitrogens with zero attached hydrogens (tertiary/aromatic N) is 2. The van der Waals surface area contributed by atoms with E-state index in [1.807, 2.05) is 37.3 Å². The lowest BCUT2D eigenvalue weighted by atomic mass is 10.2. The molecule has 1 N–H and O–H groups in total. The lowest BCUT2D eigenvalue weighted by molar-refractivity contribution is 0.0905. The van der Waals surface area contributed by atoms with Gasteiger partial charge in [0.05, 0.1) is 23.6 Å². The topological polar surface area (TPSA) is 56.1 Å². The summed E-state index contributed by atoms with van der Waals surface area (Å²) in [7, 11) is 1.59. The van der Waals surface area contributed by atoms with Gasteiger partial charge in [-0.05, 0) is 26.0 Å². The number of amides is 1. The van der Waals surface area contributed by atoms with Gasteiger partial charge in [0.25, 0.3) is 5.91 Å². The molecule has 2 rings (SSSR count). The maximum Gasteiger partial charge on any atom is 0.256 e. The summed E-state index contributed by atoms with van der Waals surface area (Å²) in [6.45, 7) is 4.07. The first kappa shape index (κ1) is 15.5. The van der Waals surface area contributed by atoms with Crippen molar-refractivity contribution in [2.45, 2.75) is 19.9 Å². The van der Waals surface area contributed by atoms with Gasteiger partial charge in [0.2, 0.25) is 0 Å². The molecule has 1 heterocycles. The molecule has 0 aliphatic heterocycles. The number of methoxy groups -OCH3 is 1. The molecule has 6 heteroatoms. The standard InChI is InChI=1S/C15H18ClN3O2/c1-10(9-21-3)17-15(20)13-11(2)18-19(14(13)16)12-7-5-4-6-8-12/h4-8,10H,9H2,1-3H3,(H,17,20). The van der Waals surface area contributed by atoms with Crippen LogP contribution in [0.15, 0.2) is 30.3 Å². The number of rotatable bonds is 5. The molecule has 21 heavy (non-hydrogen) atoms. The van der Waals surface area contributed by atoms with Gasteiger partial charge in [0, 0.05) is 13.2 Å². The van der Waals surface area contributed by atoms with Crippen LogP contribution in [0.4, 0.5) is 0 Å². The second-order valence-corrected chi connectivity index (χ2v) is 5.19. The Morgan fingerprint density at radius 2 is 2.10 bits per heavy atom. The molecule has 0 saturated carbocycles. The summed E-state index contributed by atoms with van der Waals surface area (Å²) >= 11 is 6.33. The molecule has 1 unspecified atom stereocenters. The third-order valence-electron chi connectivity index (χ3n) is 3.03. The smallest absolute Gasteiger partial charge is 0.256 e. The zero-order chi connectivity index (χ0) is 15.4. The zero-order valence-corrected chi connectivity index (χ0v) is 13.0. The Hall–Kier alpha value is -1.85. The van der Waals surface area contributed by atoms with E-state index in [4.69, 9.17) is 16.3 Å². The highest BCUT2D eigenvalue weighted by Crippen LogP contribution is 2.23. The quantitative estimate of drug-likeness (QED) is 0.924. The van der Waals surface area contributed by atoms with Gasteiger partial charge >= 0.3 is 0 Å². The van der Waals surface area contributed by atoms with E-state index in [1.165, 1.54) is 0 Å². The number of aryl methyl sites for hydroxylation is 1. The lowest BCUT2D eigenvalue weighted by Gasteiger charge is -2.12. The minimum absolute atomic E-state index is 0.0990. The second-order valence-electron chi connectivity index (χ2n) is 4.83. The number of nitrogens with one attached hydrogen (secondary N) is 1. The predicted octanol–water partition coefficient (Wildman–Crippen LogP) is 2.60. The maximum atomic E-state index is 12.3. The van der Waals surface area contributed by atoms with Gasteiger partial charge in [-0.1, -0.05) is 29.8 Å². The van der Waals surface area contributed by atoms with Gasteiger partial charge in [0.15, 0.2) is 0 Å². The van der Waals surface area contributed by atoms with Crippen LogP contribution in [0.25, 0.3) is 5.69 Å². The Morgan fingerprint density at radius 1 is 1.43 bits per heavy atom. The number of benzene rings is 1. The molecule has 1 atom stereocenters. The predicted molar refractivity (Wildman–Crippen MR) is 82.1 cm³/mol. The first-order valence-corrected chi connectivity index (χ1v) is 7.02. The van der Waals surface area contributed by atoms with E-state index in [1.54, 1.807) is 18.7 Å². The van der Waals surface area contributed by atoms with Gasteiger partial charge in [-0.25, -0.2) is 4.68 Å². The summed E-state index contributed by atoms with van der Waals surface area (Å²) < 4.78 is 6.57. The summed E-state index contributed by atoms with van der Waals surface area (Å²) in [5, 5.41) is 7.50. The highest BCUT2D eigenvalue weighted by molar-refractivity contribution is 6.33. The summed E-state index contributed by atoms with van der Waals surface area (Å²) in [6.07, 6.45) is 0. The third kappa shape index (κ3) is 3.43. The SMILES string of the molecule is COCC(C)NC(=O)c1c(C)nn(-c2ccccc2)c1Cl. The Labute approximate surface area is 128 Å². The molecule has 1 aromatic carbocycles. The number of aromatic nitrogens is 2. The number of ether oxygens (including phenoxy) is 1. The molecule has 1 aromatic heterocycles. The van der Waals surface area contributed by atoms with Crippen molar-refractivity contribution in [2.24, 2.45) is 0 Å². The number of hydrogen-bond acceptors (Lipinski definition) is 3. The van der Waals surface area contributed by atoms with E-state index in [0.29, 0.717) is 23.0 Å². The molecular weight excluding hydrogens is 290 g/mol. The second kappa shape index (κ2) is 6.74. The van der Waals surface area contributed by atoms with Gasteiger partial charge < -0.3 is 10.1 Å². The van der Waals surface area contributed by atoms with E-state index in [9.17, 15) is 4.79 Å². The van der Waals surface area contributed by atoms with Crippen molar-refractivity contribution in [3.8, 4) is 5.69 Å². The zero-order valence-electron chi connectivity index (χ0n) is 12.3. The summed E-state index contributed by atoms with van der Waals surface area (Å²) in [5.41, 5.74) is 1.80. The Kier molecular flexibility index (Phi) is 4.98. The number of carbonyl (C=O) groups is 1. The number of halogens is 1. The highest BCUT2D eigenvalue weighted by atomic mass is 35.5. The molecule has 0 fully saturated rings. The van der Waals surface area contributed by atoms with Gasteiger partial charge in [0.1, 0.15) is 5.15 Å². The van der Waals surface area contributed by atoms with Crippen LogP contribution in [0, 0.1) is 6.92 Å². The average molecular weight is 308 g/mol. The Bertz CT molecular complexity index is 625. The van der Waals surface area contributed by atoms with Gasteiger partial charge in [-0.3, -0.25) is 4.79 Å². The van der Waals surface area contributed by atoms with Gasteiger partial charge in [-0.2, -0.15) is 5.10 Å². The van der Waals surface area contributed by atoms with Crippen molar-refractivity contribution >= 4 is 17.5 Å². The first-order chi connectivity index (χ1) is 10.0. The van der Waals surface area contributed by atoms with E-state index >= 15 is 0 Å². The van der Waals surface area contributed by atoms with Crippen molar-refractivity contribution in [1.82, 2.24) is 15.1 Å². The summed E-state index contributed by atoms with van der Waals surface area (Å²) in [5.74, 6) is -0.246. The minimum atomic E-state index is -0.246. The van der Waals surface area contributed by atoms with Crippen molar-refractivity contribution < 1.29 is 9.53 Å². The molecule has 2 aromatic rings. The number of para-hydroxylation sites is 1. The fourth-order valence-electron chi connectivity index (χ4n) is 2.08. The Balaban J connectivity index is 2.30. The summed E-state index contributed by atoms with van der Waals surface area (Å²) in [6, 6.07) is 9.36. The molecule has 0 spiro atoms. The van der Waals surface area contributed by atoms with Crippen molar-refractivity contribution in [2.75, 3.05) is 13.7 Å². The van der Waals surface area contributed by atoms with E-state index in [2.05, 4.69) is 10.4 Å². The fourth-order valence-corrected chi connectivity index (χ4v) is 2.44.